The average Bonchev–Trinajstić information content (AvgIpc) is 2.70. The summed E-state index contributed by atoms with van der Waals surface area (Å²) in [5.41, 5.74) is 5.81. The number of thioether (sulfide) groups is 1. The smallest absolute Gasteiger partial charge is 0.321 e. The van der Waals surface area contributed by atoms with Gasteiger partial charge in [-0.25, -0.2) is 4.90 Å². The molecule has 0 bridgehead atoms. The maximum atomic E-state index is 12.3. The zero-order valence-electron chi connectivity index (χ0n) is 10.9. The summed E-state index contributed by atoms with van der Waals surface area (Å²) in [4.78, 5) is 36.0. The van der Waals surface area contributed by atoms with Gasteiger partial charge in [0.05, 0.1) is 10.9 Å². The maximum Gasteiger partial charge on any atom is 0.321 e. The minimum atomic E-state index is -1.13. The van der Waals surface area contributed by atoms with Crippen molar-refractivity contribution in [2.75, 3.05) is 10.7 Å². The van der Waals surface area contributed by atoms with Crippen LogP contribution in [0.15, 0.2) is 24.3 Å². The molecular formula is C13H13ClN2O4S. The van der Waals surface area contributed by atoms with E-state index in [0.29, 0.717) is 10.7 Å². The fraction of sp³-hybridized carbons (Fsp3) is 0.308. The number of aliphatic carboxylic acids is 1. The summed E-state index contributed by atoms with van der Waals surface area (Å²) >= 11 is 6.94. The van der Waals surface area contributed by atoms with Gasteiger partial charge in [0.25, 0.3) is 0 Å². The van der Waals surface area contributed by atoms with E-state index in [1.807, 2.05) is 0 Å². The van der Waals surface area contributed by atoms with Crippen molar-refractivity contribution in [1.82, 2.24) is 0 Å². The van der Waals surface area contributed by atoms with Gasteiger partial charge < -0.3 is 10.8 Å². The van der Waals surface area contributed by atoms with Gasteiger partial charge in [0, 0.05) is 17.2 Å². The Morgan fingerprint density at radius 1 is 1.52 bits per heavy atom. The van der Waals surface area contributed by atoms with Gasteiger partial charge in [-0.3, -0.25) is 14.4 Å². The number of hydrogen-bond donors (Lipinski definition) is 2. The highest BCUT2D eigenvalue weighted by Crippen LogP contribution is 2.30. The van der Waals surface area contributed by atoms with Crippen LogP contribution in [-0.4, -0.2) is 39.9 Å². The fourth-order valence-electron chi connectivity index (χ4n) is 1.91. The molecule has 1 aliphatic heterocycles. The van der Waals surface area contributed by atoms with Crippen LogP contribution in [0.25, 0.3) is 0 Å². The third kappa shape index (κ3) is 3.55. The molecule has 1 aromatic rings. The number of anilines is 1. The van der Waals surface area contributed by atoms with E-state index in [4.69, 9.17) is 22.4 Å². The van der Waals surface area contributed by atoms with Crippen LogP contribution >= 0.6 is 23.4 Å². The number of benzene rings is 1. The molecule has 1 heterocycles. The molecule has 0 spiro atoms. The minimum absolute atomic E-state index is 0.0301. The van der Waals surface area contributed by atoms with Crippen molar-refractivity contribution in [3.8, 4) is 0 Å². The molecule has 0 radical (unpaired) electrons. The van der Waals surface area contributed by atoms with E-state index in [1.165, 1.54) is 6.07 Å². The van der Waals surface area contributed by atoms with Crippen molar-refractivity contribution < 1.29 is 19.5 Å². The predicted octanol–water partition coefficient (Wildman–Crippen LogP) is 1.12. The van der Waals surface area contributed by atoms with Crippen LogP contribution in [0, 0.1) is 0 Å². The lowest BCUT2D eigenvalue weighted by molar-refractivity contribution is -0.138. The second kappa shape index (κ2) is 6.46. The summed E-state index contributed by atoms with van der Waals surface area (Å²) in [5, 5.41) is 8.54. The number of nitrogens with two attached hydrogens (primary N) is 1. The first kappa shape index (κ1) is 15.8. The highest BCUT2D eigenvalue weighted by Gasteiger charge is 2.40. The molecule has 2 atom stereocenters. The molecule has 2 amide bonds. The van der Waals surface area contributed by atoms with Crippen molar-refractivity contribution in [3.63, 3.8) is 0 Å². The van der Waals surface area contributed by atoms with Gasteiger partial charge in [-0.2, -0.15) is 0 Å². The number of amides is 2. The van der Waals surface area contributed by atoms with Crippen LogP contribution < -0.4 is 10.6 Å². The highest BCUT2D eigenvalue weighted by atomic mass is 35.5. The van der Waals surface area contributed by atoms with Crippen LogP contribution in [0.3, 0.4) is 0 Å². The Labute approximate surface area is 130 Å². The number of carbonyl (C=O) groups is 3. The molecule has 2 rings (SSSR count). The van der Waals surface area contributed by atoms with E-state index in [1.54, 1.807) is 18.2 Å². The number of carboxylic acid groups (broad SMARTS) is 1. The van der Waals surface area contributed by atoms with Crippen LogP contribution in [-0.2, 0) is 14.4 Å². The normalized spacial score (nSPS) is 19.9. The summed E-state index contributed by atoms with van der Waals surface area (Å²) in [7, 11) is 0. The van der Waals surface area contributed by atoms with E-state index in [0.717, 1.165) is 16.7 Å². The molecule has 2 unspecified atom stereocenters. The van der Waals surface area contributed by atoms with E-state index < -0.39 is 17.3 Å². The number of imide groups is 1. The molecule has 6 nitrogen and oxygen atoms in total. The topological polar surface area (TPSA) is 101 Å². The van der Waals surface area contributed by atoms with E-state index in [2.05, 4.69) is 0 Å². The monoisotopic (exact) mass is 328 g/mol. The number of carbonyl (C=O) groups excluding carboxylic acids is 2. The zero-order chi connectivity index (χ0) is 15.6. The average molecular weight is 329 g/mol. The second-order valence-electron chi connectivity index (χ2n) is 4.52. The van der Waals surface area contributed by atoms with Crippen molar-refractivity contribution in [1.29, 1.82) is 0 Å². The Morgan fingerprint density at radius 3 is 2.86 bits per heavy atom. The molecule has 1 aliphatic rings. The first-order chi connectivity index (χ1) is 9.90. The molecular weight excluding hydrogens is 316 g/mol. The number of nitrogens with zero attached hydrogens (tertiary/aromatic N) is 1. The van der Waals surface area contributed by atoms with Crippen molar-refractivity contribution in [2.24, 2.45) is 5.73 Å². The van der Waals surface area contributed by atoms with Crippen LogP contribution in [0.5, 0.6) is 0 Å². The summed E-state index contributed by atoms with van der Waals surface area (Å²) in [6.45, 7) is 0. The molecule has 21 heavy (non-hydrogen) atoms. The lowest BCUT2D eigenvalue weighted by atomic mass is 10.3. The third-order valence-electron chi connectivity index (χ3n) is 2.97. The van der Waals surface area contributed by atoms with Crippen LogP contribution in [0.4, 0.5) is 5.69 Å². The Balaban J connectivity index is 2.08. The van der Waals surface area contributed by atoms with Gasteiger partial charge in [0.1, 0.15) is 6.04 Å². The highest BCUT2D eigenvalue weighted by molar-refractivity contribution is 8.00. The van der Waals surface area contributed by atoms with Gasteiger partial charge in [0.2, 0.25) is 11.8 Å². The largest absolute Gasteiger partial charge is 0.480 e. The summed E-state index contributed by atoms with van der Waals surface area (Å²) < 4.78 is 0. The Kier molecular flexibility index (Phi) is 4.87. The van der Waals surface area contributed by atoms with Gasteiger partial charge in [-0.05, 0) is 18.2 Å². The molecule has 3 N–H and O–H groups in total. The second-order valence-corrected chi connectivity index (χ2v) is 6.19. The first-order valence-electron chi connectivity index (χ1n) is 6.12. The molecule has 0 aliphatic carbocycles. The van der Waals surface area contributed by atoms with E-state index >= 15 is 0 Å². The van der Waals surface area contributed by atoms with Gasteiger partial charge in [-0.1, -0.05) is 17.7 Å². The molecule has 8 heteroatoms. The maximum absolute atomic E-state index is 12.3. The van der Waals surface area contributed by atoms with E-state index in [9.17, 15) is 14.4 Å². The Hall–Kier alpha value is -1.57. The minimum Gasteiger partial charge on any atom is -0.480 e. The Morgan fingerprint density at radius 2 is 2.24 bits per heavy atom. The lowest BCUT2D eigenvalue weighted by Crippen LogP contribution is -2.35. The standard InChI is InChI=1S/C13H13ClN2O4S/c14-7-2-1-3-8(4-7)16-11(17)5-10(12(16)18)21-6-9(15)13(19)20/h1-4,9-10H,5-6,15H2,(H,19,20). The summed E-state index contributed by atoms with van der Waals surface area (Å²) in [6.07, 6.45) is 0.0301. The van der Waals surface area contributed by atoms with Crippen molar-refractivity contribution in [3.05, 3.63) is 29.3 Å². The SMILES string of the molecule is NC(CSC1CC(=O)N(c2cccc(Cl)c2)C1=O)C(=O)O. The zero-order valence-corrected chi connectivity index (χ0v) is 12.4. The molecule has 0 aromatic heterocycles. The van der Waals surface area contributed by atoms with Gasteiger partial charge in [0.15, 0.2) is 0 Å². The number of halogens is 1. The summed E-state index contributed by atoms with van der Waals surface area (Å²) in [5.74, 6) is -1.76. The molecule has 112 valence electrons. The van der Waals surface area contributed by atoms with Gasteiger partial charge in [-0.15, -0.1) is 11.8 Å². The Bertz CT molecular complexity index is 595. The predicted molar refractivity (Wildman–Crippen MR) is 80.4 cm³/mol. The number of carboxylic acids is 1. The fourth-order valence-corrected chi connectivity index (χ4v) is 3.19. The molecule has 1 saturated heterocycles. The first-order valence-corrected chi connectivity index (χ1v) is 7.55. The van der Waals surface area contributed by atoms with Crippen molar-refractivity contribution >= 4 is 46.8 Å². The molecule has 0 saturated carbocycles. The van der Waals surface area contributed by atoms with Crippen molar-refractivity contribution in [2.45, 2.75) is 17.7 Å². The molecule has 1 fully saturated rings. The van der Waals surface area contributed by atoms with E-state index in [-0.39, 0.29) is 24.0 Å². The lowest BCUT2D eigenvalue weighted by Gasteiger charge is -2.15. The third-order valence-corrected chi connectivity index (χ3v) is 4.52. The number of rotatable bonds is 5. The van der Waals surface area contributed by atoms with Gasteiger partial charge >= 0.3 is 5.97 Å². The van der Waals surface area contributed by atoms with Crippen LogP contribution in [0.1, 0.15) is 6.42 Å². The number of hydrogen-bond acceptors (Lipinski definition) is 5. The quantitative estimate of drug-likeness (QED) is 0.785. The van der Waals surface area contributed by atoms with Crippen LogP contribution in [0.2, 0.25) is 5.02 Å². The molecule has 1 aromatic carbocycles. The summed E-state index contributed by atoms with van der Waals surface area (Å²) in [6, 6.07) is 5.40.